The van der Waals surface area contributed by atoms with E-state index in [1.165, 1.54) is 6.42 Å². The van der Waals surface area contributed by atoms with Crippen molar-refractivity contribution in [3.05, 3.63) is 24.3 Å². The number of benzene rings is 1. The third-order valence-electron chi connectivity index (χ3n) is 4.91. The third kappa shape index (κ3) is 3.50. The van der Waals surface area contributed by atoms with Crippen molar-refractivity contribution in [1.29, 1.82) is 0 Å². The average Bonchev–Trinajstić information content (AvgIpc) is 2.91. The maximum absolute atomic E-state index is 12.9. The zero-order valence-corrected chi connectivity index (χ0v) is 14.1. The van der Waals surface area contributed by atoms with Crippen molar-refractivity contribution in [2.45, 2.75) is 25.7 Å². The minimum Gasteiger partial charge on any atom is -0.325 e. The number of anilines is 2. The lowest BCUT2D eigenvalue weighted by Gasteiger charge is -2.37. The van der Waals surface area contributed by atoms with Crippen LogP contribution in [0.4, 0.5) is 11.4 Å². The van der Waals surface area contributed by atoms with E-state index >= 15 is 0 Å². The maximum atomic E-state index is 12.9. The summed E-state index contributed by atoms with van der Waals surface area (Å²) in [6.45, 7) is 1.63. The van der Waals surface area contributed by atoms with Crippen LogP contribution in [0.25, 0.3) is 0 Å². The number of carbonyl (C=O) groups excluding carboxylic acids is 1. The fourth-order valence-electron chi connectivity index (χ4n) is 3.82. The lowest BCUT2D eigenvalue weighted by atomic mass is 9.67. The van der Waals surface area contributed by atoms with E-state index in [4.69, 9.17) is 0 Å². The van der Waals surface area contributed by atoms with Crippen molar-refractivity contribution in [3.63, 3.8) is 0 Å². The molecule has 2 aliphatic rings. The van der Waals surface area contributed by atoms with Gasteiger partial charge in [-0.05, 0) is 43.5 Å². The number of rotatable bonds is 4. The third-order valence-corrected chi connectivity index (χ3v) is 5.52. The van der Waals surface area contributed by atoms with Crippen molar-refractivity contribution in [2.24, 2.45) is 11.3 Å². The molecule has 0 bridgehead atoms. The zero-order valence-electron chi connectivity index (χ0n) is 13.3. The summed E-state index contributed by atoms with van der Waals surface area (Å²) in [5.41, 5.74) is 0.750. The largest absolute Gasteiger partial charge is 0.325 e. The van der Waals surface area contributed by atoms with Crippen LogP contribution in [0.2, 0.25) is 0 Å². The second-order valence-corrected chi connectivity index (χ2v) is 8.39. The van der Waals surface area contributed by atoms with Crippen LogP contribution in [0.1, 0.15) is 25.7 Å². The van der Waals surface area contributed by atoms with Crippen LogP contribution in [0.5, 0.6) is 0 Å². The van der Waals surface area contributed by atoms with E-state index in [1.807, 2.05) is 0 Å². The van der Waals surface area contributed by atoms with Gasteiger partial charge >= 0.3 is 0 Å². The van der Waals surface area contributed by atoms with Crippen LogP contribution in [-0.2, 0) is 14.8 Å². The summed E-state index contributed by atoms with van der Waals surface area (Å²) in [4.78, 5) is 12.9. The van der Waals surface area contributed by atoms with Crippen molar-refractivity contribution in [2.75, 3.05) is 29.4 Å². The Hall–Kier alpha value is -1.60. The van der Waals surface area contributed by atoms with Gasteiger partial charge in [-0.25, -0.2) is 8.42 Å². The molecule has 3 rings (SSSR count). The molecule has 2 atom stereocenters. The van der Waals surface area contributed by atoms with Gasteiger partial charge in [0.2, 0.25) is 15.9 Å². The van der Waals surface area contributed by atoms with Gasteiger partial charge in [-0.2, -0.15) is 0 Å². The quantitative estimate of drug-likeness (QED) is 0.781. The summed E-state index contributed by atoms with van der Waals surface area (Å²) in [7, 11) is -3.33. The molecule has 1 aromatic carbocycles. The molecule has 6 nitrogen and oxygen atoms in total. The molecule has 0 unspecified atom stereocenters. The monoisotopic (exact) mass is 337 g/mol. The van der Waals surface area contributed by atoms with Gasteiger partial charge in [0.1, 0.15) is 0 Å². The second-order valence-electron chi connectivity index (χ2n) is 6.64. The molecule has 0 aromatic heterocycles. The van der Waals surface area contributed by atoms with Crippen molar-refractivity contribution in [3.8, 4) is 0 Å². The molecule has 1 heterocycles. The average molecular weight is 337 g/mol. The number of hydrogen-bond acceptors (Lipinski definition) is 4. The summed E-state index contributed by atoms with van der Waals surface area (Å²) >= 11 is 0. The number of amides is 1. The highest BCUT2D eigenvalue weighted by atomic mass is 32.2. The van der Waals surface area contributed by atoms with Gasteiger partial charge in [-0.3, -0.25) is 9.52 Å². The first kappa shape index (κ1) is 16.3. The second kappa shape index (κ2) is 6.13. The van der Waals surface area contributed by atoms with Crippen molar-refractivity contribution >= 4 is 27.3 Å². The number of nitrogens with one attached hydrogen (secondary N) is 3. The summed E-state index contributed by atoms with van der Waals surface area (Å²) in [5.74, 6) is 0.442. The zero-order chi connectivity index (χ0) is 16.5. The fraction of sp³-hybridized carbons (Fsp3) is 0.562. The molecule has 1 saturated carbocycles. The van der Waals surface area contributed by atoms with Crippen LogP contribution < -0.4 is 15.4 Å². The van der Waals surface area contributed by atoms with Crippen LogP contribution in [0.3, 0.4) is 0 Å². The Labute approximate surface area is 137 Å². The lowest BCUT2D eigenvalue weighted by molar-refractivity contribution is -0.128. The SMILES string of the molecule is CS(=O)(=O)Nc1cccc(NC(=O)[C@@]23CCCC[C@H]2CNC3)c1. The van der Waals surface area contributed by atoms with E-state index in [2.05, 4.69) is 15.4 Å². The van der Waals surface area contributed by atoms with Gasteiger partial charge in [0.05, 0.1) is 17.4 Å². The van der Waals surface area contributed by atoms with Crippen molar-refractivity contribution < 1.29 is 13.2 Å². The Morgan fingerprint density at radius 1 is 1.30 bits per heavy atom. The number of fused-ring (bicyclic) bond motifs is 1. The minimum atomic E-state index is -3.33. The Morgan fingerprint density at radius 2 is 2.09 bits per heavy atom. The van der Waals surface area contributed by atoms with Gasteiger partial charge in [0, 0.05) is 12.2 Å². The first-order valence-corrected chi connectivity index (χ1v) is 9.88. The van der Waals surface area contributed by atoms with Crippen LogP contribution in [-0.4, -0.2) is 33.7 Å². The fourth-order valence-corrected chi connectivity index (χ4v) is 4.38. The summed E-state index contributed by atoms with van der Waals surface area (Å²) in [6.07, 6.45) is 5.39. The smallest absolute Gasteiger partial charge is 0.232 e. The van der Waals surface area contributed by atoms with Gasteiger partial charge in [0.25, 0.3) is 0 Å². The molecule has 0 spiro atoms. The topological polar surface area (TPSA) is 87.3 Å². The molecule has 0 radical (unpaired) electrons. The molecule has 1 amide bonds. The summed E-state index contributed by atoms with van der Waals surface area (Å²) < 4.78 is 25.1. The highest BCUT2D eigenvalue weighted by Gasteiger charge is 2.49. The molecule has 126 valence electrons. The number of sulfonamides is 1. The minimum absolute atomic E-state index is 0.0451. The normalized spacial score (nSPS) is 27.3. The summed E-state index contributed by atoms with van der Waals surface area (Å²) in [6, 6.07) is 6.82. The van der Waals surface area contributed by atoms with Crippen LogP contribution in [0, 0.1) is 11.3 Å². The van der Waals surface area contributed by atoms with E-state index in [0.717, 1.165) is 38.6 Å². The van der Waals surface area contributed by atoms with Crippen LogP contribution >= 0.6 is 0 Å². The van der Waals surface area contributed by atoms with Gasteiger partial charge in [-0.15, -0.1) is 0 Å². The molecule has 2 fully saturated rings. The standard InChI is InChI=1S/C16H23N3O3S/c1-23(21,22)19-14-7-4-6-13(9-14)18-15(20)16-8-3-2-5-12(16)10-17-11-16/h4,6-7,9,12,17,19H,2-3,5,8,10-11H2,1H3,(H,18,20)/t12-,16+/m0/s1. The Balaban J connectivity index is 1.76. The molecule has 1 aliphatic heterocycles. The molecule has 23 heavy (non-hydrogen) atoms. The van der Waals surface area contributed by atoms with E-state index in [1.54, 1.807) is 24.3 Å². The van der Waals surface area contributed by atoms with Gasteiger partial charge in [0.15, 0.2) is 0 Å². The molecule has 1 saturated heterocycles. The first-order chi connectivity index (χ1) is 10.9. The number of hydrogen-bond donors (Lipinski definition) is 3. The molecule has 7 heteroatoms. The van der Waals surface area contributed by atoms with Crippen molar-refractivity contribution in [1.82, 2.24) is 5.32 Å². The number of carbonyl (C=O) groups is 1. The highest BCUT2D eigenvalue weighted by molar-refractivity contribution is 7.92. The van der Waals surface area contributed by atoms with E-state index in [0.29, 0.717) is 17.3 Å². The predicted octanol–water partition coefficient (Wildman–Crippen LogP) is 1.78. The van der Waals surface area contributed by atoms with Crippen LogP contribution in [0.15, 0.2) is 24.3 Å². The molecule has 1 aromatic rings. The van der Waals surface area contributed by atoms with E-state index < -0.39 is 10.0 Å². The van der Waals surface area contributed by atoms with E-state index in [9.17, 15) is 13.2 Å². The molecular weight excluding hydrogens is 314 g/mol. The Morgan fingerprint density at radius 3 is 2.87 bits per heavy atom. The highest BCUT2D eigenvalue weighted by Crippen LogP contribution is 2.44. The maximum Gasteiger partial charge on any atom is 0.232 e. The summed E-state index contributed by atoms with van der Waals surface area (Å²) in [5, 5.41) is 6.35. The van der Waals surface area contributed by atoms with Gasteiger partial charge < -0.3 is 10.6 Å². The lowest BCUT2D eigenvalue weighted by Crippen LogP contribution is -2.44. The first-order valence-electron chi connectivity index (χ1n) is 7.99. The molecule has 3 N–H and O–H groups in total. The molecule has 1 aliphatic carbocycles. The Kier molecular flexibility index (Phi) is 4.33. The Bertz CT molecular complexity index is 704. The van der Waals surface area contributed by atoms with E-state index in [-0.39, 0.29) is 11.3 Å². The molecular formula is C16H23N3O3S. The van der Waals surface area contributed by atoms with Gasteiger partial charge in [-0.1, -0.05) is 18.9 Å². The predicted molar refractivity (Wildman–Crippen MR) is 90.8 cm³/mol.